The fourth-order valence-corrected chi connectivity index (χ4v) is 1.76. The summed E-state index contributed by atoms with van der Waals surface area (Å²) in [6, 6.07) is 0.566. The summed E-state index contributed by atoms with van der Waals surface area (Å²) >= 11 is 0. The second-order valence-corrected chi connectivity index (χ2v) is 3.76. The number of nitrogens with two attached hydrogens (primary N) is 1. The molecule has 2 nitrogen and oxygen atoms in total. The lowest BCUT2D eigenvalue weighted by molar-refractivity contribution is 0.0804. The van der Waals surface area contributed by atoms with Gasteiger partial charge in [0.2, 0.25) is 0 Å². The van der Waals surface area contributed by atoms with Crippen molar-refractivity contribution < 1.29 is 0 Å². The first-order valence-electron chi connectivity index (χ1n) is 4.12. The summed E-state index contributed by atoms with van der Waals surface area (Å²) in [6.07, 6.45) is 1.33. The molecule has 0 saturated carbocycles. The van der Waals surface area contributed by atoms with E-state index in [1.54, 1.807) is 0 Å². The molecule has 0 spiro atoms. The molecule has 1 saturated heterocycles. The highest BCUT2D eigenvalue weighted by Crippen LogP contribution is 2.23. The molecule has 0 amide bonds. The molecule has 3 unspecified atom stereocenters. The van der Waals surface area contributed by atoms with Crippen molar-refractivity contribution in [1.29, 1.82) is 0 Å². The largest absolute Gasteiger partial charge is 0.269 e. The van der Waals surface area contributed by atoms with Gasteiger partial charge in [-0.1, -0.05) is 13.8 Å². The number of hydrazine groups is 1. The first kappa shape index (κ1) is 8.02. The maximum absolute atomic E-state index is 5.79. The maximum atomic E-state index is 5.79. The van der Waals surface area contributed by atoms with Gasteiger partial charge in [-0.2, -0.15) is 0 Å². The van der Waals surface area contributed by atoms with E-state index in [9.17, 15) is 0 Å². The van der Waals surface area contributed by atoms with E-state index >= 15 is 0 Å². The lowest BCUT2D eigenvalue weighted by Gasteiger charge is -2.37. The molecule has 2 N–H and O–H groups in total. The third kappa shape index (κ3) is 1.50. The second-order valence-electron chi connectivity index (χ2n) is 3.76. The summed E-state index contributed by atoms with van der Waals surface area (Å²) in [5.74, 6) is 7.32. The standard InChI is InChI=1S/C8H18N2/c1-6-4-7(2)8(3)10(9)5-6/h6-8H,4-5,9H2,1-3H3. The minimum atomic E-state index is 0.566. The Morgan fingerprint density at radius 2 is 1.90 bits per heavy atom. The van der Waals surface area contributed by atoms with Crippen LogP contribution < -0.4 is 5.84 Å². The molecule has 60 valence electrons. The molecule has 0 aromatic heterocycles. The van der Waals surface area contributed by atoms with Gasteiger partial charge in [-0.3, -0.25) is 5.84 Å². The maximum Gasteiger partial charge on any atom is 0.0238 e. The van der Waals surface area contributed by atoms with Gasteiger partial charge in [0.1, 0.15) is 0 Å². The Morgan fingerprint density at radius 3 is 2.40 bits per heavy atom. The molecule has 1 fully saturated rings. The van der Waals surface area contributed by atoms with Crippen LogP contribution in [0, 0.1) is 11.8 Å². The van der Waals surface area contributed by atoms with E-state index in [2.05, 4.69) is 20.8 Å². The van der Waals surface area contributed by atoms with E-state index < -0.39 is 0 Å². The molecule has 1 aliphatic heterocycles. The Morgan fingerprint density at radius 1 is 1.30 bits per heavy atom. The van der Waals surface area contributed by atoms with Gasteiger partial charge in [0.15, 0.2) is 0 Å². The summed E-state index contributed by atoms with van der Waals surface area (Å²) in [6.45, 7) is 7.81. The third-order valence-electron chi connectivity index (χ3n) is 2.64. The van der Waals surface area contributed by atoms with E-state index in [1.165, 1.54) is 6.42 Å². The monoisotopic (exact) mass is 142 g/mol. The highest BCUT2D eigenvalue weighted by molar-refractivity contribution is 4.78. The Hall–Kier alpha value is -0.0800. The summed E-state index contributed by atoms with van der Waals surface area (Å²) in [5, 5.41) is 1.97. The van der Waals surface area contributed by atoms with Gasteiger partial charge in [0.25, 0.3) is 0 Å². The summed E-state index contributed by atoms with van der Waals surface area (Å²) in [7, 11) is 0. The molecular weight excluding hydrogens is 124 g/mol. The molecular formula is C8H18N2. The van der Waals surface area contributed by atoms with E-state index in [1.807, 2.05) is 5.01 Å². The summed E-state index contributed by atoms with van der Waals surface area (Å²) < 4.78 is 0. The van der Waals surface area contributed by atoms with Crippen molar-refractivity contribution in [3.63, 3.8) is 0 Å². The van der Waals surface area contributed by atoms with Crippen LogP contribution in [0.1, 0.15) is 27.2 Å². The highest BCUT2D eigenvalue weighted by Gasteiger charge is 2.26. The number of nitrogens with zero attached hydrogens (tertiary/aromatic N) is 1. The number of hydrogen-bond donors (Lipinski definition) is 1. The van der Waals surface area contributed by atoms with Crippen molar-refractivity contribution in [3.05, 3.63) is 0 Å². The van der Waals surface area contributed by atoms with Crippen molar-refractivity contribution in [2.75, 3.05) is 6.54 Å². The number of hydrogen-bond acceptors (Lipinski definition) is 2. The van der Waals surface area contributed by atoms with Gasteiger partial charge in [-0.25, -0.2) is 5.01 Å². The van der Waals surface area contributed by atoms with E-state index in [-0.39, 0.29) is 0 Å². The Labute approximate surface area is 63.4 Å². The predicted octanol–water partition coefficient (Wildman–Crippen LogP) is 1.23. The van der Waals surface area contributed by atoms with Crippen LogP contribution >= 0.6 is 0 Å². The molecule has 0 aromatic carbocycles. The predicted molar refractivity (Wildman–Crippen MR) is 43.3 cm³/mol. The Balaban J connectivity index is 2.49. The van der Waals surface area contributed by atoms with E-state index in [0.29, 0.717) is 6.04 Å². The first-order chi connectivity index (χ1) is 4.61. The van der Waals surface area contributed by atoms with Gasteiger partial charge in [-0.15, -0.1) is 0 Å². The third-order valence-corrected chi connectivity index (χ3v) is 2.64. The second kappa shape index (κ2) is 2.89. The molecule has 10 heavy (non-hydrogen) atoms. The van der Waals surface area contributed by atoms with Crippen LogP contribution in [-0.2, 0) is 0 Å². The van der Waals surface area contributed by atoms with Crippen LogP contribution in [0.25, 0.3) is 0 Å². The SMILES string of the molecule is CC1CC(C)C(C)N(N)C1. The Bertz CT molecular complexity index is 102. The minimum absolute atomic E-state index is 0.566. The fraction of sp³-hybridized carbons (Fsp3) is 1.00. The first-order valence-corrected chi connectivity index (χ1v) is 4.12. The van der Waals surface area contributed by atoms with Crippen LogP contribution in [0.2, 0.25) is 0 Å². The van der Waals surface area contributed by atoms with E-state index in [0.717, 1.165) is 18.4 Å². The van der Waals surface area contributed by atoms with Gasteiger partial charge < -0.3 is 0 Å². The van der Waals surface area contributed by atoms with Crippen molar-refractivity contribution >= 4 is 0 Å². The normalized spacial score (nSPS) is 43.8. The zero-order valence-electron chi connectivity index (χ0n) is 7.17. The van der Waals surface area contributed by atoms with Crippen molar-refractivity contribution in [1.82, 2.24) is 5.01 Å². The molecule has 0 bridgehead atoms. The zero-order valence-corrected chi connectivity index (χ0v) is 7.17. The van der Waals surface area contributed by atoms with Gasteiger partial charge in [0, 0.05) is 12.6 Å². The van der Waals surface area contributed by atoms with Gasteiger partial charge in [0.05, 0.1) is 0 Å². The quantitative estimate of drug-likeness (QED) is 0.515. The van der Waals surface area contributed by atoms with Crippen molar-refractivity contribution in [2.24, 2.45) is 17.7 Å². The van der Waals surface area contributed by atoms with Crippen LogP contribution in [0.3, 0.4) is 0 Å². The lowest BCUT2D eigenvalue weighted by Crippen LogP contribution is -2.49. The molecule has 1 heterocycles. The lowest BCUT2D eigenvalue weighted by atomic mass is 9.87. The smallest absolute Gasteiger partial charge is 0.0238 e. The summed E-state index contributed by atoms with van der Waals surface area (Å²) in [5.41, 5.74) is 0. The molecule has 0 aliphatic carbocycles. The molecule has 1 rings (SSSR count). The highest BCUT2D eigenvalue weighted by atomic mass is 15.4. The molecule has 2 heteroatoms. The number of rotatable bonds is 0. The van der Waals surface area contributed by atoms with Crippen LogP contribution in [0.15, 0.2) is 0 Å². The van der Waals surface area contributed by atoms with Crippen LogP contribution in [0.5, 0.6) is 0 Å². The summed E-state index contributed by atoms with van der Waals surface area (Å²) in [4.78, 5) is 0. The average Bonchev–Trinajstić information content (AvgIpc) is 1.82. The topological polar surface area (TPSA) is 29.3 Å². The molecule has 0 radical (unpaired) electrons. The minimum Gasteiger partial charge on any atom is -0.269 e. The van der Waals surface area contributed by atoms with Crippen LogP contribution in [-0.4, -0.2) is 17.6 Å². The fourth-order valence-electron chi connectivity index (χ4n) is 1.76. The van der Waals surface area contributed by atoms with Crippen LogP contribution in [0.4, 0.5) is 0 Å². The zero-order chi connectivity index (χ0) is 7.72. The molecule has 1 aliphatic rings. The van der Waals surface area contributed by atoms with Gasteiger partial charge >= 0.3 is 0 Å². The van der Waals surface area contributed by atoms with Gasteiger partial charge in [-0.05, 0) is 25.2 Å². The van der Waals surface area contributed by atoms with Crippen molar-refractivity contribution in [2.45, 2.75) is 33.2 Å². The van der Waals surface area contributed by atoms with Crippen molar-refractivity contribution in [3.8, 4) is 0 Å². The molecule has 0 aromatic rings. The average molecular weight is 142 g/mol. The van der Waals surface area contributed by atoms with E-state index in [4.69, 9.17) is 5.84 Å². The Kier molecular flexibility index (Phi) is 2.32. The number of piperidine rings is 1. The molecule has 3 atom stereocenters.